The number of nitrogens with one attached hydrogen (secondary N) is 1. The zero-order valence-corrected chi connectivity index (χ0v) is 22.1. The Kier molecular flexibility index (Phi) is 6.78. The molecular weight excluding hydrogens is 574 g/mol. The Bertz CT molecular complexity index is 1680. The zero-order chi connectivity index (χ0) is 28.3. The summed E-state index contributed by atoms with van der Waals surface area (Å²) in [7, 11) is 0. The number of H-pyrrole nitrogens is 1. The maximum atomic E-state index is 15.5. The van der Waals surface area contributed by atoms with E-state index in [2.05, 4.69) is 29.9 Å². The minimum absolute atomic E-state index is 0.0357. The maximum Gasteiger partial charge on any atom is 0.280 e. The van der Waals surface area contributed by atoms with Gasteiger partial charge in [0.25, 0.3) is 5.56 Å². The van der Waals surface area contributed by atoms with E-state index in [1.807, 2.05) is 0 Å². The van der Waals surface area contributed by atoms with E-state index in [-0.39, 0.29) is 36.0 Å². The molecule has 8 atom stereocenters. The summed E-state index contributed by atoms with van der Waals surface area (Å²) in [4.78, 5) is 46.1. The topological polar surface area (TPSA) is 248 Å². The van der Waals surface area contributed by atoms with Crippen LogP contribution in [0, 0.1) is 0 Å². The highest BCUT2D eigenvalue weighted by molar-refractivity contribution is 8.09. The Morgan fingerprint density at radius 2 is 1.90 bits per heavy atom. The molecule has 0 amide bonds. The number of alkyl halides is 1. The number of rotatable bonds is 7. The van der Waals surface area contributed by atoms with Gasteiger partial charge in [-0.2, -0.15) is 4.98 Å². The van der Waals surface area contributed by atoms with Crippen molar-refractivity contribution in [3.63, 3.8) is 0 Å². The summed E-state index contributed by atoms with van der Waals surface area (Å²) < 4.78 is 35.6. The van der Waals surface area contributed by atoms with Gasteiger partial charge in [-0.05, 0) is 11.8 Å². The number of nitrogens with zero attached hydrogens (tertiary/aromatic N) is 7. The molecular formula is C20H24FN10O7PS. The first-order valence-corrected chi connectivity index (χ1v) is 14.7. The largest absolute Gasteiger partial charge is 0.394 e. The Morgan fingerprint density at radius 1 is 1.15 bits per heavy atom. The van der Waals surface area contributed by atoms with E-state index in [4.69, 9.17) is 37.3 Å². The first kappa shape index (κ1) is 27.0. The SMILES string of the molecule is Nc1nc2c(ncn2[C@@H]2O[C@H](CO)[C@@H](F)[C@H]2P(O)(=S)OC[C@H]2O[C@@H](n3cnc4c(N)ncnc43)C[C@@H]2O)c(=O)[nH]1. The number of nitrogen functional groups attached to an aromatic ring is 2. The van der Waals surface area contributed by atoms with Gasteiger partial charge in [0.2, 0.25) is 5.95 Å². The van der Waals surface area contributed by atoms with Crippen molar-refractivity contribution in [3.8, 4) is 0 Å². The molecule has 2 saturated heterocycles. The fourth-order valence-corrected chi connectivity index (χ4v) is 7.40. The smallest absolute Gasteiger partial charge is 0.280 e. The normalized spacial score (nSPS) is 30.4. The minimum Gasteiger partial charge on any atom is -0.394 e. The number of aromatic nitrogens is 8. The Hall–Kier alpha value is -3.16. The summed E-state index contributed by atoms with van der Waals surface area (Å²) in [6.45, 7) is -5.17. The summed E-state index contributed by atoms with van der Waals surface area (Å²) in [5.41, 5.74) is 10.0. The first-order chi connectivity index (χ1) is 19.1. The molecule has 0 aliphatic carbocycles. The number of anilines is 2. The van der Waals surface area contributed by atoms with Crippen molar-refractivity contribution in [2.75, 3.05) is 24.7 Å². The molecule has 2 aliphatic rings. The van der Waals surface area contributed by atoms with Crippen LogP contribution in [0.25, 0.3) is 22.3 Å². The van der Waals surface area contributed by atoms with E-state index in [1.165, 1.54) is 23.5 Å². The van der Waals surface area contributed by atoms with Crippen LogP contribution in [0.4, 0.5) is 16.2 Å². The van der Waals surface area contributed by atoms with Gasteiger partial charge in [-0.3, -0.25) is 18.9 Å². The van der Waals surface area contributed by atoms with Gasteiger partial charge in [0.15, 0.2) is 35.3 Å². The fourth-order valence-electron chi connectivity index (χ4n) is 4.94. The van der Waals surface area contributed by atoms with Crippen LogP contribution in [0.3, 0.4) is 0 Å². The van der Waals surface area contributed by atoms with Gasteiger partial charge in [0, 0.05) is 6.42 Å². The average Bonchev–Trinajstić information content (AvgIpc) is 3.67. The lowest BCUT2D eigenvalue weighted by Crippen LogP contribution is -2.32. The van der Waals surface area contributed by atoms with E-state index in [9.17, 15) is 19.9 Å². The molecule has 17 nitrogen and oxygen atoms in total. The van der Waals surface area contributed by atoms with Crippen LogP contribution < -0.4 is 17.0 Å². The highest BCUT2D eigenvalue weighted by Gasteiger charge is 2.54. The second kappa shape index (κ2) is 10.0. The summed E-state index contributed by atoms with van der Waals surface area (Å²) in [5.74, 6) is -0.0302. The second-order valence-corrected chi connectivity index (χ2v) is 12.9. The van der Waals surface area contributed by atoms with Crippen molar-refractivity contribution < 1.29 is 33.5 Å². The standard InChI is InChI=1S/C20H24FN10O7PS/c21-11-8(2-32)38-19(31-6-27-13-17(31)28-20(23)29-18(13)34)14(11)39(35,40)36-3-9-7(33)1-10(37-9)30-5-26-12-15(22)24-4-25-16(12)30/h4-11,14,19,32-33H,1-3H2,(H,35,40)(H2,22,24,25)(H3,23,28,29,34)/t7-,8+,9+,10+,11+,14+,19+,39?/m0/s1. The zero-order valence-electron chi connectivity index (χ0n) is 20.4. The molecule has 0 aromatic carbocycles. The Labute approximate surface area is 228 Å². The van der Waals surface area contributed by atoms with Gasteiger partial charge >= 0.3 is 0 Å². The van der Waals surface area contributed by atoms with E-state index >= 15 is 4.39 Å². The minimum atomic E-state index is -4.07. The van der Waals surface area contributed by atoms with Crippen molar-refractivity contribution >= 4 is 52.4 Å². The van der Waals surface area contributed by atoms with E-state index in [0.29, 0.717) is 11.2 Å². The predicted molar refractivity (Wildman–Crippen MR) is 139 cm³/mol. The number of imidazole rings is 2. The quantitative estimate of drug-likeness (QED) is 0.135. The lowest BCUT2D eigenvalue weighted by atomic mass is 10.2. The van der Waals surface area contributed by atoms with Crippen LogP contribution in [0.5, 0.6) is 0 Å². The molecule has 0 radical (unpaired) electrons. The highest BCUT2D eigenvalue weighted by Crippen LogP contribution is 2.58. The van der Waals surface area contributed by atoms with E-state index in [0.717, 1.165) is 0 Å². The van der Waals surface area contributed by atoms with Crippen LogP contribution in [-0.2, 0) is 25.8 Å². The molecule has 2 fully saturated rings. The highest BCUT2D eigenvalue weighted by atomic mass is 32.5. The first-order valence-electron chi connectivity index (χ1n) is 11.9. The van der Waals surface area contributed by atoms with Crippen LogP contribution in [-0.4, -0.2) is 97.5 Å². The number of ether oxygens (including phenoxy) is 2. The lowest BCUT2D eigenvalue weighted by Gasteiger charge is -2.29. The van der Waals surface area contributed by atoms with E-state index < -0.39 is 61.3 Å². The second-order valence-electron chi connectivity index (χ2n) is 9.33. The monoisotopic (exact) mass is 598 g/mol. The van der Waals surface area contributed by atoms with Gasteiger partial charge in [0.05, 0.1) is 32.0 Å². The predicted octanol–water partition coefficient (Wildman–Crippen LogP) is -1.31. The van der Waals surface area contributed by atoms with E-state index in [1.54, 1.807) is 4.57 Å². The molecule has 20 heteroatoms. The molecule has 4 aromatic heterocycles. The van der Waals surface area contributed by atoms with Gasteiger partial charge in [0.1, 0.15) is 42.1 Å². The molecule has 0 spiro atoms. The van der Waals surface area contributed by atoms with Crippen molar-refractivity contribution in [1.29, 1.82) is 0 Å². The Balaban J connectivity index is 1.23. The van der Waals surface area contributed by atoms with Gasteiger partial charge in [-0.1, -0.05) is 0 Å². The van der Waals surface area contributed by atoms with Gasteiger partial charge < -0.3 is 40.6 Å². The van der Waals surface area contributed by atoms with Crippen LogP contribution >= 0.6 is 6.49 Å². The summed E-state index contributed by atoms with van der Waals surface area (Å²) in [6.07, 6.45) is -3.28. The molecule has 1 unspecified atom stereocenters. The average molecular weight is 599 g/mol. The molecule has 8 N–H and O–H groups in total. The number of hydrogen-bond donors (Lipinski definition) is 6. The fraction of sp³-hybridized carbons (Fsp3) is 0.500. The van der Waals surface area contributed by atoms with Gasteiger partial charge in [-0.25, -0.2) is 24.3 Å². The summed E-state index contributed by atoms with van der Waals surface area (Å²) in [5, 5.41) is 20.3. The number of aromatic amines is 1. The molecule has 2 aliphatic heterocycles. The number of hydrogen-bond acceptors (Lipinski definition) is 14. The molecule has 6 heterocycles. The third-order valence-corrected chi connectivity index (χ3v) is 9.75. The number of aliphatic hydroxyl groups excluding tert-OH is 2. The number of fused-ring (bicyclic) bond motifs is 2. The molecule has 6 rings (SSSR count). The van der Waals surface area contributed by atoms with Crippen molar-refractivity contribution in [3.05, 3.63) is 29.3 Å². The van der Waals surface area contributed by atoms with Crippen molar-refractivity contribution in [1.82, 2.24) is 39.0 Å². The van der Waals surface area contributed by atoms with Crippen LogP contribution in [0.1, 0.15) is 18.9 Å². The maximum absolute atomic E-state index is 15.5. The van der Waals surface area contributed by atoms with Gasteiger partial charge in [-0.15, -0.1) is 0 Å². The number of nitrogens with two attached hydrogens (primary N) is 2. The lowest BCUT2D eigenvalue weighted by molar-refractivity contribution is -0.0399. The van der Waals surface area contributed by atoms with Crippen LogP contribution in [0.15, 0.2) is 23.8 Å². The number of aliphatic hydroxyl groups is 2. The number of halogens is 1. The molecule has 214 valence electrons. The Morgan fingerprint density at radius 3 is 2.67 bits per heavy atom. The molecule has 0 bridgehead atoms. The molecule has 4 aromatic rings. The summed E-state index contributed by atoms with van der Waals surface area (Å²) in [6, 6.07) is 0. The van der Waals surface area contributed by atoms with Crippen molar-refractivity contribution in [2.45, 2.75) is 49.0 Å². The molecule has 0 saturated carbocycles. The third kappa shape index (κ3) is 4.44. The van der Waals surface area contributed by atoms with Crippen LogP contribution in [0.2, 0.25) is 0 Å². The third-order valence-electron chi connectivity index (χ3n) is 6.89. The van der Waals surface area contributed by atoms with Crippen molar-refractivity contribution in [2.24, 2.45) is 0 Å². The summed E-state index contributed by atoms with van der Waals surface area (Å²) >= 11 is 5.38. The molecule has 40 heavy (non-hydrogen) atoms.